The van der Waals surface area contributed by atoms with Gasteiger partial charge in [-0.25, -0.2) is 0 Å². The van der Waals surface area contributed by atoms with Crippen molar-refractivity contribution < 1.29 is 4.79 Å². The van der Waals surface area contributed by atoms with Gasteiger partial charge in [0, 0.05) is 0 Å². The summed E-state index contributed by atoms with van der Waals surface area (Å²) in [5.41, 5.74) is 6.07. The van der Waals surface area contributed by atoms with Crippen molar-refractivity contribution >= 4 is 5.91 Å². The van der Waals surface area contributed by atoms with Gasteiger partial charge in [-0.05, 0) is 31.6 Å². The fourth-order valence-corrected chi connectivity index (χ4v) is 3.10. The summed E-state index contributed by atoms with van der Waals surface area (Å²) in [5, 5.41) is 9.09. The van der Waals surface area contributed by atoms with Crippen LogP contribution in [0.5, 0.6) is 0 Å². The van der Waals surface area contributed by atoms with Crippen LogP contribution in [0.3, 0.4) is 0 Å². The summed E-state index contributed by atoms with van der Waals surface area (Å²) in [4.78, 5) is 14.0. The van der Waals surface area contributed by atoms with Crippen LogP contribution in [0.1, 0.15) is 38.5 Å². The third-order valence-corrected chi connectivity index (χ3v) is 4.17. The summed E-state index contributed by atoms with van der Waals surface area (Å²) in [7, 11) is 0. The molecule has 18 heavy (non-hydrogen) atoms. The van der Waals surface area contributed by atoms with Gasteiger partial charge in [0.2, 0.25) is 5.91 Å². The Balaban J connectivity index is 2.10. The van der Waals surface area contributed by atoms with Gasteiger partial charge in [-0.3, -0.25) is 4.79 Å². The molecule has 1 aliphatic heterocycles. The molecule has 4 nitrogen and oxygen atoms in total. The molecule has 0 aromatic heterocycles. The zero-order chi connectivity index (χ0) is 13.1. The lowest BCUT2D eigenvalue weighted by atomic mass is 9.97. The monoisotopic (exact) mass is 245 g/mol. The second-order valence-electron chi connectivity index (χ2n) is 5.22. The van der Waals surface area contributed by atoms with E-state index in [9.17, 15) is 4.79 Å². The number of nitrogens with two attached hydrogens (primary N) is 1. The molecule has 0 radical (unpaired) electrons. The maximum absolute atomic E-state index is 12.4. The van der Waals surface area contributed by atoms with Gasteiger partial charge in [-0.1, -0.05) is 18.8 Å². The quantitative estimate of drug-likeness (QED) is 0.738. The number of hydrogen-bond donors (Lipinski definition) is 1. The Hall–Kier alpha value is -1.52. The van der Waals surface area contributed by atoms with Crippen LogP contribution in [0.4, 0.5) is 0 Å². The largest absolute Gasteiger partial charge is 0.320 e. The van der Waals surface area contributed by atoms with Crippen LogP contribution in [-0.4, -0.2) is 28.9 Å². The summed E-state index contributed by atoms with van der Waals surface area (Å²) < 4.78 is 0. The molecule has 1 saturated heterocycles. The maximum Gasteiger partial charge on any atom is 0.241 e. The van der Waals surface area contributed by atoms with Crippen LogP contribution in [0, 0.1) is 29.6 Å². The molecule has 2 N–H and O–H groups in total. The molecule has 4 heteroatoms. The standard InChI is InChI=1S/C14H19N3O/c1-2-11-7-8-12(9-15)17(11)14(18)13(16)10-5-3-4-6-10/h1,10-13H,3-8,16H2/t11-,12+,13-/m0/s1. The van der Waals surface area contributed by atoms with Gasteiger partial charge >= 0.3 is 0 Å². The van der Waals surface area contributed by atoms with Crippen molar-refractivity contribution in [1.82, 2.24) is 4.90 Å². The number of carbonyl (C=O) groups is 1. The molecule has 0 bridgehead atoms. The third-order valence-electron chi connectivity index (χ3n) is 4.17. The average molecular weight is 245 g/mol. The molecule has 0 spiro atoms. The van der Waals surface area contributed by atoms with Crippen molar-refractivity contribution in [3.8, 4) is 18.4 Å². The highest BCUT2D eigenvalue weighted by molar-refractivity contribution is 5.83. The Morgan fingerprint density at radius 2 is 1.89 bits per heavy atom. The molecule has 0 unspecified atom stereocenters. The van der Waals surface area contributed by atoms with Crippen molar-refractivity contribution in [3.05, 3.63) is 0 Å². The number of nitrogens with zero attached hydrogens (tertiary/aromatic N) is 2. The Labute approximate surface area is 108 Å². The van der Waals surface area contributed by atoms with Crippen LogP contribution in [-0.2, 0) is 4.79 Å². The first-order valence-corrected chi connectivity index (χ1v) is 6.62. The number of carbonyl (C=O) groups excluding carboxylic acids is 1. The lowest BCUT2D eigenvalue weighted by Gasteiger charge is -2.29. The fraction of sp³-hybridized carbons (Fsp3) is 0.714. The highest BCUT2D eigenvalue weighted by Crippen LogP contribution is 2.30. The minimum absolute atomic E-state index is 0.131. The van der Waals surface area contributed by atoms with Gasteiger partial charge in [0.15, 0.2) is 0 Å². The van der Waals surface area contributed by atoms with Crippen molar-refractivity contribution in [2.24, 2.45) is 11.7 Å². The van der Waals surface area contributed by atoms with Gasteiger partial charge in [-0.15, -0.1) is 6.42 Å². The summed E-state index contributed by atoms with van der Waals surface area (Å²) in [6.07, 6.45) is 11.1. The lowest BCUT2D eigenvalue weighted by Crippen LogP contribution is -2.51. The number of nitriles is 1. The van der Waals surface area contributed by atoms with Crippen LogP contribution in [0.25, 0.3) is 0 Å². The van der Waals surface area contributed by atoms with Crippen LogP contribution in [0.15, 0.2) is 0 Å². The van der Waals surface area contributed by atoms with E-state index < -0.39 is 12.1 Å². The zero-order valence-electron chi connectivity index (χ0n) is 10.5. The predicted molar refractivity (Wildman–Crippen MR) is 68.0 cm³/mol. The highest BCUT2D eigenvalue weighted by Gasteiger charge is 2.40. The van der Waals surface area contributed by atoms with Crippen molar-refractivity contribution in [1.29, 1.82) is 5.26 Å². The molecule has 2 rings (SSSR count). The van der Waals surface area contributed by atoms with E-state index in [4.69, 9.17) is 17.4 Å². The van der Waals surface area contributed by atoms with E-state index in [2.05, 4.69) is 12.0 Å². The van der Waals surface area contributed by atoms with Gasteiger partial charge in [0.05, 0.1) is 18.2 Å². The molecular formula is C14H19N3O. The average Bonchev–Trinajstić information content (AvgIpc) is 3.05. The molecule has 2 aliphatic rings. The van der Waals surface area contributed by atoms with Gasteiger partial charge in [0.1, 0.15) is 6.04 Å². The summed E-state index contributed by atoms with van der Waals surface area (Å²) in [6, 6.07) is 1.02. The molecule has 1 saturated carbocycles. The Bertz CT molecular complexity index is 378. The molecule has 1 aliphatic carbocycles. The Kier molecular flexibility index (Phi) is 3.89. The number of hydrogen-bond acceptors (Lipinski definition) is 3. The Morgan fingerprint density at radius 1 is 1.28 bits per heavy atom. The molecule has 1 amide bonds. The highest BCUT2D eigenvalue weighted by atomic mass is 16.2. The van der Waals surface area contributed by atoms with Gasteiger partial charge in [0.25, 0.3) is 0 Å². The van der Waals surface area contributed by atoms with Crippen LogP contribution < -0.4 is 5.73 Å². The number of likely N-dealkylation sites (tertiary alicyclic amines) is 1. The molecule has 2 fully saturated rings. The molecule has 3 atom stereocenters. The third kappa shape index (κ3) is 2.21. The summed E-state index contributed by atoms with van der Waals surface area (Å²) in [5.74, 6) is 2.73. The molecule has 1 heterocycles. The minimum Gasteiger partial charge on any atom is -0.320 e. The molecule has 0 aromatic rings. The first-order valence-electron chi connectivity index (χ1n) is 6.62. The second kappa shape index (κ2) is 5.42. The van der Waals surface area contributed by atoms with Crippen LogP contribution in [0.2, 0.25) is 0 Å². The van der Waals surface area contributed by atoms with E-state index in [0.29, 0.717) is 12.8 Å². The smallest absolute Gasteiger partial charge is 0.241 e. The topological polar surface area (TPSA) is 70.1 Å². The number of rotatable bonds is 2. The fourth-order valence-electron chi connectivity index (χ4n) is 3.10. The predicted octanol–water partition coefficient (Wildman–Crippen LogP) is 1.02. The first-order chi connectivity index (χ1) is 8.69. The van der Waals surface area contributed by atoms with E-state index in [-0.39, 0.29) is 17.9 Å². The maximum atomic E-state index is 12.4. The molecular weight excluding hydrogens is 226 g/mol. The minimum atomic E-state index is -0.489. The Morgan fingerprint density at radius 3 is 2.44 bits per heavy atom. The first kappa shape index (κ1) is 12.9. The second-order valence-corrected chi connectivity index (χ2v) is 5.22. The lowest BCUT2D eigenvalue weighted by molar-refractivity contribution is -0.134. The molecule has 0 aromatic carbocycles. The van der Waals surface area contributed by atoms with Crippen molar-refractivity contribution in [2.45, 2.75) is 56.7 Å². The van der Waals surface area contributed by atoms with Gasteiger partial charge in [-0.2, -0.15) is 5.26 Å². The SMILES string of the molecule is C#C[C@H]1CC[C@H](C#N)N1C(=O)[C@@H](N)C1CCCC1. The normalized spacial score (nSPS) is 29.8. The zero-order valence-corrected chi connectivity index (χ0v) is 10.5. The van der Waals surface area contributed by atoms with E-state index >= 15 is 0 Å². The number of terminal acetylenes is 1. The van der Waals surface area contributed by atoms with E-state index in [1.165, 1.54) is 0 Å². The van der Waals surface area contributed by atoms with E-state index in [1.54, 1.807) is 4.90 Å². The summed E-state index contributed by atoms with van der Waals surface area (Å²) in [6.45, 7) is 0. The van der Waals surface area contributed by atoms with Crippen LogP contribution >= 0.6 is 0 Å². The van der Waals surface area contributed by atoms with Crippen molar-refractivity contribution in [2.75, 3.05) is 0 Å². The van der Waals surface area contributed by atoms with E-state index in [1.807, 2.05) is 0 Å². The van der Waals surface area contributed by atoms with Gasteiger partial charge < -0.3 is 10.6 Å². The number of amides is 1. The summed E-state index contributed by atoms with van der Waals surface area (Å²) >= 11 is 0. The van der Waals surface area contributed by atoms with E-state index in [0.717, 1.165) is 25.7 Å². The van der Waals surface area contributed by atoms with Crippen molar-refractivity contribution in [3.63, 3.8) is 0 Å². The molecule has 96 valence electrons.